The van der Waals surface area contributed by atoms with Crippen molar-refractivity contribution >= 4 is 11.9 Å². The van der Waals surface area contributed by atoms with E-state index in [1.165, 1.54) is 6.42 Å². The maximum Gasteiger partial charge on any atom is 0.324 e. The molecule has 1 aliphatic carbocycles. The summed E-state index contributed by atoms with van der Waals surface area (Å²) in [6, 6.07) is 0.165. The van der Waals surface area contributed by atoms with Crippen LogP contribution in [0, 0.1) is 5.92 Å². The third-order valence-electron chi connectivity index (χ3n) is 3.19. The number of urea groups is 1. The van der Waals surface area contributed by atoms with Crippen molar-refractivity contribution in [3.8, 4) is 0 Å². The van der Waals surface area contributed by atoms with Gasteiger partial charge >= 0.3 is 6.03 Å². The first-order valence-corrected chi connectivity index (χ1v) is 5.27. The van der Waals surface area contributed by atoms with E-state index in [0.29, 0.717) is 24.9 Å². The number of imide groups is 1. The van der Waals surface area contributed by atoms with Crippen LogP contribution in [0.1, 0.15) is 32.6 Å². The Hall–Kier alpha value is -1.06. The van der Waals surface area contributed by atoms with Crippen molar-refractivity contribution in [2.45, 2.75) is 38.6 Å². The Labute approximate surface area is 83.6 Å². The fraction of sp³-hybridized carbons (Fsp3) is 0.800. The van der Waals surface area contributed by atoms with E-state index in [9.17, 15) is 9.59 Å². The number of carbonyl (C=O) groups is 2. The van der Waals surface area contributed by atoms with Gasteiger partial charge < -0.3 is 4.90 Å². The molecule has 4 heteroatoms. The van der Waals surface area contributed by atoms with Gasteiger partial charge in [0.25, 0.3) is 0 Å². The van der Waals surface area contributed by atoms with Crippen molar-refractivity contribution in [2.75, 3.05) is 6.54 Å². The van der Waals surface area contributed by atoms with Crippen LogP contribution in [0.25, 0.3) is 0 Å². The second kappa shape index (κ2) is 3.59. The zero-order valence-corrected chi connectivity index (χ0v) is 8.45. The number of nitrogens with zero attached hydrogens (tertiary/aromatic N) is 1. The Bertz CT molecular complexity index is 265. The average molecular weight is 196 g/mol. The van der Waals surface area contributed by atoms with Gasteiger partial charge in [-0.2, -0.15) is 0 Å². The number of hydrogen-bond acceptors (Lipinski definition) is 2. The largest absolute Gasteiger partial charge is 0.324 e. The number of amides is 3. The molecule has 2 aliphatic rings. The molecule has 0 aromatic rings. The lowest BCUT2D eigenvalue weighted by molar-refractivity contribution is -0.121. The van der Waals surface area contributed by atoms with Crippen LogP contribution in [-0.2, 0) is 4.79 Å². The molecule has 0 aromatic carbocycles. The highest BCUT2D eigenvalue weighted by molar-refractivity contribution is 5.96. The van der Waals surface area contributed by atoms with E-state index >= 15 is 0 Å². The van der Waals surface area contributed by atoms with Gasteiger partial charge in [-0.1, -0.05) is 6.92 Å². The fourth-order valence-electron chi connectivity index (χ4n) is 2.39. The van der Waals surface area contributed by atoms with Gasteiger partial charge in [-0.15, -0.1) is 0 Å². The van der Waals surface area contributed by atoms with E-state index in [1.54, 1.807) is 0 Å². The highest BCUT2D eigenvalue weighted by atomic mass is 16.2. The molecule has 78 valence electrons. The lowest BCUT2D eigenvalue weighted by Crippen LogP contribution is -2.52. The SMILES string of the molecule is CC1CCC(N2CCC(=O)NC2=O)C1. The number of nitrogens with one attached hydrogen (secondary N) is 1. The van der Waals surface area contributed by atoms with Gasteiger partial charge in [-0.25, -0.2) is 4.79 Å². The molecular weight excluding hydrogens is 180 g/mol. The molecule has 1 N–H and O–H groups in total. The smallest absolute Gasteiger partial charge is 0.321 e. The molecule has 2 unspecified atom stereocenters. The fourth-order valence-corrected chi connectivity index (χ4v) is 2.39. The van der Waals surface area contributed by atoms with Gasteiger partial charge in [-0.3, -0.25) is 10.1 Å². The highest BCUT2D eigenvalue weighted by Crippen LogP contribution is 2.29. The molecule has 0 spiro atoms. The van der Waals surface area contributed by atoms with Gasteiger partial charge in [0.05, 0.1) is 0 Å². The minimum absolute atomic E-state index is 0.141. The van der Waals surface area contributed by atoms with Crippen molar-refractivity contribution in [3.63, 3.8) is 0 Å². The van der Waals surface area contributed by atoms with Crippen LogP contribution in [-0.4, -0.2) is 29.4 Å². The van der Waals surface area contributed by atoms with E-state index in [1.807, 2.05) is 4.90 Å². The molecule has 1 heterocycles. The van der Waals surface area contributed by atoms with Crippen molar-refractivity contribution in [2.24, 2.45) is 5.92 Å². The van der Waals surface area contributed by atoms with Gasteiger partial charge in [0, 0.05) is 19.0 Å². The third-order valence-corrected chi connectivity index (χ3v) is 3.19. The second-order valence-electron chi connectivity index (χ2n) is 4.37. The van der Waals surface area contributed by atoms with E-state index < -0.39 is 0 Å². The molecule has 2 rings (SSSR count). The molecule has 0 radical (unpaired) electrons. The number of carbonyl (C=O) groups excluding carboxylic acids is 2. The molecule has 14 heavy (non-hydrogen) atoms. The lowest BCUT2D eigenvalue weighted by atomic mass is 10.1. The first kappa shape index (κ1) is 9.49. The predicted octanol–water partition coefficient (Wildman–Crippen LogP) is 1.12. The van der Waals surface area contributed by atoms with Crippen molar-refractivity contribution in [1.82, 2.24) is 10.2 Å². The summed E-state index contributed by atoms with van der Waals surface area (Å²) in [4.78, 5) is 24.3. The molecule has 2 atom stereocenters. The quantitative estimate of drug-likeness (QED) is 0.683. The lowest BCUT2D eigenvalue weighted by Gasteiger charge is -2.31. The summed E-state index contributed by atoms with van der Waals surface area (Å²) in [7, 11) is 0. The summed E-state index contributed by atoms with van der Waals surface area (Å²) in [6.45, 7) is 2.81. The molecule has 4 nitrogen and oxygen atoms in total. The molecule has 0 aromatic heterocycles. The zero-order chi connectivity index (χ0) is 10.1. The summed E-state index contributed by atoms with van der Waals surface area (Å²) >= 11 is 0. The molecule has 2 fully saturated rings. The molecular formula is C10H16N2O2. The van der Waals surface area contributed by atoms with E-state index in [-0.39, 0.29) is 11.9 Å². The molecule has 1 saturated carbocycles. The number of rotatable bonds is 1. The van der Waals surface area contributed by atoms with Crippen molar-refractivity contribution in [3.05, 3.63) is 0 Å². The van der Waals surface area contributed by atoms with Gasteiger partial charge in [0.1, 0.15) is 0 Å². The van der Waals surface area contributed by atoms with Crippen LogP contribution in [0.2, 0.25) is 0 Å². The Morgan fingerprint density at radius 3 is 2.71 bits per heavy atom. The zero-order valence-electron chi connectivity index (χ0n) is 8.45. The molecule has 1 aliphatic heterocycles. The Balaban J connectivity index is 1.97. The van der Waals surface area contributed by atoms with Crippen LogP contribution < -0.4 is 5.32 Å². The molecule has 3 amide bonds. The van der Waals surface area contributed by atoms with E-state index in [4.69, 9.17) is 0 Å². The van der Waals surface area contributed by atoms with E-state index in [2.05, 4.69) is 12.2 Å². The van der Waals surface area contributed by atoms with Crippen LogP contribution >= 0.6 is 0 Å². The summed E-state index contributed by atoms with van der Waals surface area (Å²) < 4.78 is 0. The molecule has 0 bridgehead atoms. The normalized spacial score (nSPS) is 33.4. The van der Waals surface area contributed by atoms with Gasteiger partial charge in [-0.05, 0) is 25.2 Å². The Kier molecular flexibility index (Phi) is 2.44. The Morgan fingerprint density at radius 1 is 1.36 bits per heavy atom. The molecule has 1 saturated heterocycles. The summed E-state index contributed by atoms with van der Waals surface area (Å²) in [5.41, 5.74) is 0. The predicted molar refractivity (Wildman–Crippen MR) is 51.7 cm³/mol. The third kappa shape index (κ3) is 1.74. The Morgan fingerprint density at radius 2 is 2.14 bits per heavy atom. The van der Waals surface area contributed by atoms with Crippen LogP contribution in [0.3, 0.4) is 0 Å². The number of hydrogen-bond donors (Lipinski definition) is 1. The summed E-state index contributed by atoms with van der Waals surface area (Å²) in [5, 5.41) is 2.37. The minimum Gasteiger partial charge on any atom is -0.321 e. The van der Waals surface area contributed by atoms with Crippen LogP contribution in [0.4, 0.5) is 4.79 Å². The van der Waals surface area contributed by atoms with Gasteiger partial charge in [0.15, 0.2) is 0 Å². The van der Waals surface area contributed by atoms with Crippen LogP contribution in [0.15, 0.2) is 0 Å². The summed E-state index contributed by atoms with van der Waals surface area (Å²) in [5.74, 6) is 0.572. The highest BCUT2D eigenvalue weighted by Gasteiger charge is 2.33. The minimum atomic E-state index is -0.194. The summed E-state index contributed by atoms with van der Waals surface area (Å²) in [6.07, 6.45) is 3.82. The monoisotopic (exact) mass is 196 g/mol. The second-order valence-corrected chi connectivity index (χ2v) is 4.37. The first-order chi connectivity index (χ1) is 6.66. The maximum atomic E-state index is 11.5. The topological polar surface area (TPSA) is 49.4 Å². The van der Waals surface area contributed by atoms with Gasteiger partial charge in [0.2, 0.25) is 5.91 Å². The maximum absolute atomic E-state index is 11.5. The van der Waals surface area contributed by atoms with Crippen molar-refractivity contribution < 1.29 is 9.59 Å². The first-order valence-electron chi connectivity index (χ1n) is 5.27. The van der Waals surface area contributed by atoms with Crippen molar-refractivity contribution in [1.29, 1.82) is 0 Å². The average Bonchev–Trinajstić information content (AvgIpc) is 2.51. The standard InChI is InChI=1S/C10H16N2O2/c1-7-2-3-8(6-7)12-5-4-9(13)11-10(12)14/h7-8H,2-6H2,1H3,(H,11,13,14). The van der Waals surface area contributed by atoms with Crippen LogP contribution in [0.5, 0.6) is 0 Å². The van der Waals surface area contributed by atoms with E-state index in [0.717, 1.165) is 12.8 Å².